The molecule has 0 aromatic heterocycles. The minimum absolute atomic E-state index is 0.264. The van der Waals surface area contributed by atoms with Crippen LogP contribution in [0.1, 0.15) is 12.8 Å². The predicted molar refractivity (Wildman–Crippen MR) is 36.0 cm³/mol. The zero-order valence-electron chi connectivity index (χ0n) is 5.93. The van der Waals surface area contributed by atoms with Crippen LogP contribution in [-0.2, 0) is 4.79 Å². The van der Waals surface area contributed by atoms with Crippen molar-refractivity contribution < 1.29 is 9.18 Å². The van der Waals surface area contributed by atoms with Gasteiger partial charge in [0.1, 0.15) is 0 Å². The quantitative estimate of drug-likeness (QED) is 0.530. The lowest BCUT2D eigenvalue weighted by Gasteiger charge is -2.13. The van der Waals surface area contributed by atoms with E-state index in [1.807, 2.05) is 0 Å². The maximum Gasteiger partial charge on any atom is 0.281 e. The van der Waals surface area contributed by atoms with Gasteiger partial charge in [0.15, 0.2) is 5.83 Å². The van der Waals surface area contributed by atoms with E-state index in [0.717, 1.165) is 12.8 Å². The smallest absolute Gasteiger partial charge is 0.281 e. The van der Waals surface area contributed by atoms with Gasteiger partial charge in [0.25, 0.3) is 5.91 Å². The molecule has 56 valence electrons. The van der Waals surface area contributed by atoms with Gasteiger partial charge < -0.3 is 4.90 Å². The number of rotatable bonds is 2. The summed E-state index contributed by atoms with van der Waals surface area (Å²) in [6.07, 6.45) is 1.99. The molecule has 2 nitrogen and oxygen atoms in total. The SMILES string of the molecule is C=C(F)C(=O)N(C)C1CC1. The van der Waals surface area contributed by atoms with E-state index in [9.17, 15) is 9.18 Å². The van der Waals surface area contributed by atoms with Crippen LogP contribution in [-0.4, -0.2) is 23.9 Å². The average Bonchev–Trinajstić information content (AvgIpc) is 2.65. The molecule has 0 aliphatic heterocycles. The van der Waals surface area contributed by atoms with Crippen LogP contribution in [0.5, 0.6) is 0 Å². The molecule has 1 aliphatic rings. The van der Waals surface area contributed by atoms with Gasteiger partial charge in [0.05, 0.1) is 0 Å². The number of hydrogen-bond donors (Lipinski definition) is 0. The summed E-state index contributed by atoms with van der Waals surface area (Å²) in [5.41, 5.74) is 0. The maximum absolute atomic E-state index is 12.1. The van der Waals surface area contributed by atoms with E-state index in [1.54, 1.807) is 7.05 Å². The highest BCUT2D eigenvalue weighted by Gasteiger charge is 2.30. The summed E-state index contributed by atoms with van der Waals surface area (Å²) in [6.45, 7) is 2.93. The normalized spacial score (nSPS) is 16.6. The van der Waals surface area contributed by atoms with Gasteiger partial charge in [-0.15, -0.1) is 0 Å². The minimum Gasteiger partial charge on any atom is -0.337 e. The molecule has 0 radical (unpaired) electrons. The van der Waals surface area contributed by atoms with Gasteiger partial charge in [0, 0.05) is 13.1 Å². The van der Waals surface area contributed by atoms with Crippen molar-refractivity contribution in [1.82, 2.24) is 4.90 Å². The Morgan fingerprint density at radius 1 is 1.70 bits per heavy atom. The van der Waals surface area contributed by atoms with Crippen LogP contribution < -0.4 is 0 Å². The van der Waals surface area contributed by atoms with Crippen LogP contribution in [0.15, 0.2) is 12.4 Å². The monoisotopic (exact) mass is 143 g/mol. The average molecular weight is 143 g/mol. The predicted octanol–water partition coefficient (Wildman–Crippen LogP) is 1.09. The lowest BCUT2D eigenvalue weighted by Crippen LogP contribution is -2.28. The number of likely N-dealkylation sites (N-methyl/N-ethyl adjacent to an activating group) is 1. The van der Waals surface area contributed by atoms with Crippen LogP contribution in [0, 0.1) is 0 Å². The van der Waals surface area contributed by atoms with Crippen LogP contribution >= 0.6 is 0 Å². The molecular weight excluding hydrogens is 133 g/mol. The summed E-state index contributed by atoms with van der Waals surface area (Å²) in [4.78, 5) is 12.2. The van der Waals surface area contributed by atoms with Crippen molar-refractivity contribution in [2.75, 3.05) is 7.05 Å². The highest BCUT2D eigenvalue weighted by atomic mass is 19.1. The molecule has 0 saturated heterocycles. The second-order valence-corrected chi connectivity index (χ2v) is 2.55. The number of nitrogens with zero attached hydrogens (tertiary/aromatic N) is 1. The molecular formula is C7H10FNO. The lowest BCUT2D eigenvalue weighted by atomic mass is 10.4. The largest absolute Gasteiger partial charge is 0.337 e. The third-order valence-corrected chi connectivity index (χ3v) is 1.65. The van der Waals surface area contributed by atoms with E-state index in [0.29, 0.717) is 0 Å². The lowest BCUT2D eigenvalue weighted by molar-refractivity contribution is -0.127. The molecule has 0 aromatic rings. The first-order valence-electron chi connectivity index (χ1n) is 3.24. The highest BCUT2D eigenvalue weighted by Crippen LogP contribution is 2.26. The summed E-state index contributed by atoms with van der Waals surface area (Å²) in [6, 6.07) is 0.264. The molecule has 3 heteroatoms. The molecule has 10 heavy (non-hydrogen) atoms. The molecule has 1 aliphatic carbocycles. The van der Waals surface area contributed by atoms with Crippen LogP contribution in [0.3, 0.4) is 0 Å². The molecule has 1 amide bonds. The second kappa shape index (κ2) is 2.40. The Morgan fingerprint density at radius 2 is 2.20 bits per heavy atom. The molecule has 1 saturated carbocycles. The van der Waals surface area contributed by atoms with Gasteiger partial charge in [-0.25, -0.2) is 4.39 Å². The Hall–Kier alpha value is -0.860. The van der Waals surface area contributed by atoms with Gasteiger partial charge >= 0.3 is 0 Å². The summed E-state index contributed by atoms with van der Waals surface area (Å²) < 4.78 is 12.1. The molecule has 1 fully saturated rings. The van der Waals surface area contributed by atoms with Gasteiger partial charge in [0.2, 0.25) is 0 Å². The Labute approximate surface area is 59.3 Å². The van der Waals surface area contributed by atoms with Crippen LogP contribution in [0.25, 0.3) is 0 Å². The third-order valence-electron chi connectivity index (χ3n) is 1.65. The Morgan fingerprint density at radius 3 is 2.50 bits per heavy atom. The number of halogens is 1. The van der Waals surface area contributed by atoms with Crippen molar-refractivity contribution in [3.05, 3.63) is 12.4 Å². The summed E-state index contributed by atoms with van der Waals surface area (Å²) >= 11 is 0. The Kier molecular flexibility index (Phi) is 1.74. The zero-order valence-corrected chi connectivity index (χ0v) is 5.93. The standard InChI is InChI=1S/C7H10FNO/c1-5(8)7(10)9(2)6-3-4-6/h6H,1,3-4H2,2H3. The van der Waals surface area contributed by atoms with Crippen molar-refractivity contribution in [1.29, 1.82) is 0 Å². The maximum atomic E-state index is 12.1. The summed E-state index contributed by atoms with van der Waals surface area (Å²) in [7, 11) is 1.60. The first-order valence-corrected chi connectivity index (χ1v) is 3.24. The van der Waals surface area contributed by atoms with E-state index in [-0.39, 0.29) is 6.04 Å². The number of hydrogen-bond acceptors (Lipinski definition) is 1. The summed E-state index contributed by atoms with van der Waals surface area (Å²) in [5.74, 6) is -1.45. The van der Waals surface area contributed by atoms with Crippen molar-refractivity contribution in [3.8, 4) is 0 Å². The van der Waals surface area contributed by atoms with E-state index in [4.69, 9.17) is 0 Å². The molecule has 0 bridgehead atoms. The van der Waals surface area contributed by atoms with Crippen molar-refractivity contribution in [2.45, 2.75) is 18.9 Å². The molecule has 0 aromatic carbocycles. The fraction of sp³-hybridized carbons (Fsp3) is 0.571. The van der Waals surface area contributed by atoms with Crippen molar-refractivity contribution in [3.63, 3.8) is 0 Å². The fourth-order valence-electron chi connectivity index (χ4n) is 0.819. The van der Waals surface area contributed by atoms with Crippen molar-refractivity contribution in [2.24, 2.45) is 0 Å². The van der Waals surface area contributed by atoms with Crippen LogP contribution in [0.2, 0.25) is 0 Å². The first kappa shape index (κ1) is 7.25. The topological polar surface area (TPSA) is 20.3 Å². The minimum atomic E-state index is -0.866. The van der Waals surface area contributed by atoms with Gasteiger partial charge in [-0.1, -0.05) is 6.58 Å². The third kappa shape index (κ3) is 1.35. The fourth-order valence-corrected chi connectivity index (χ4v) is 0.819. The highest BCUT2D eigenvalue weighted by molar-refractivity contribution is 5.90. The Balaban J connectivity index is 2.46. The number of carbonyl (C=O) groups excluding carboxylic acids is 1. The van der Waals surface area contributed by atoms with Crippen LogP contribution in [0.4, 0.5) is 4.39 Å². The molecule has 0 spiro atoms. The van der Waals surface area contributed by atoms with E-state index >= 15 is 0 Å². The molecule has 0 N–H and O–H groups in total. The zero-order chi connectivity index (χ0) is 7.72. The first-order chi connectivity index (χ1) is 4.63. The van der Waals surface area contributed by atoms with Crippen molar-refractivity contribution >= 4 is 5.91 Å². The second-order valence-electron chi connectivity index (χ2n) is 2.55. The van der Waals surface area contributed by atoms with Gasteiger partial charge in [-0.3, -0.25) is 4.79 Å². The summed E-state index contributed by atoms with van der Waals surface area (Å²) in [5, 5.41) is 0. The van der Waals surface area contributed by atoms with E-state index < -0.39 is 11.7 Å². The van der Waals surface area contributed by atoms with E-state index in [1.165, 1.54) is 4.90 Å². The molecule has 0 atom stereocenters. The van der Waals surface area contributed by atoms with Gasteiger partial charge in [-0.2, -0.15) is 0 Å². The molecule has 0 heterocycles. The van der Waals surface area contributed by atoms with E-state index in [2.05, 4.69) is 6.58 Å². The van der Waals surface area contributed by atoms with Gasteiger partial charge in [-0.05, 0) is 12.8 Å². The number of carbonyl (C=O) groups is 1. The number of amides is 1. The molecule has 0 unspecified atom stereocenters. The Bertz CT molecular complexity index is 174. The molecule has 1 rings (SSSR count).